The molecule has 1 atom stereocenters. The van der Waals surface area contributed by atoms with Gasteiger partial charge in [0.2, 0.25) is 5.78 Å². The zero-order chi connectivity index (χ0) is 22.8. The number of Topliss-reactive ketones (excluding diaryl/α,β-unsaturated/α-hetero) is 1. The van der Waals surface area contributed by atoms with Crippen LogP contribution < -0.4 is 4.74 Å². The first-order valence-corrected chi connectivity index (χ1v) is 10.6. The Bertz CT molecular complexity index is 1140. The van der Waals surface area contributed by atoms with E-state index in [1.54, 1.807) is 24.3 Å². The summed E-state index contributed by atoms with van der Waals surface area (Å²) in [5.41, 5.74) is 1.31. The summed E-state index contributed by atoms with van der Waals surface area (Å²) in [6.45, 7) is 3.37. The fourth-order valence-corrected chi connectivity index (χ4v) is 3.91. The van der Waals surface area contributed by atoms with Gasteiger partial charge in [0.15, 0.2) is 11.5 Å². The molecule has 32 heavy (non-hydrogen) atoms. The summed E-state index contributed by atoms with van der Waals surface area (Å²) in [7, 11) is 3.81. The molecule has 0 aliphatic carbocycles. The monoisotopic (exact) mass is 434 g/mol. The van der Waals surface area contributed by atoms with Crippen LogP contribution in [0.25, 0.3) is 11.0 Å². The maximum absolute atomic E-state index is 13.5. The second kappa shape index (κ2) is 8.88. The predicted octanol–water partition coefficient (Wildman–Crippen LogP) is 3.97. The van der Waals surface area contributed by atoms with Crippen molar-refractivity contribution in [2.45, 2.75) is 13.0 Å². The molecule has 1 aliphatic rings. The maximum Gasteiger partial charge on any atom is 0.290 e. The summed E-state index contributed by atoms with van der Waals surface area (Å²) in [5.74, 6) is -0.818. The second-order valence-electron chi connectivity index (χ2n) is 7.95. The van der Waals surface area contributed by atoms with Gasteiger partial charge in [0, 0.05) is 18.5 Å². The molecule has 166 valence electrons. The molecule has 7 nitrogen and oxygen atoms in total. The standard InChI is InChI=1S/C25H26N2O5/c1-4-31-18-11-9-16(10-12-18)22-21(24(29)25(30)27(22)14-13-26(2)3)23(28)20-15-17-7-5-6-8-19(17)32-20/h5-12,15,22,29H,4,13-14H2,1-3H3/t22-/m0/s1. The van der Waals surface area contributed by atoms with E-state index in [0.29, 0.717) is 36.6 Å². The Kier molecular flexibility index (Phi) is 6.01. The number of para-hydroxylation sites is 1. The Balaban J connectivity index is 1.76. The van der Waals surface area contributed by atoms with E-state index in [9.17, 15) is 14.7 Å². The number of benzene rings is 2. The van der Waals surface area contributed by atoms with Crippen molar-refractivity contribution in [2.75, 3.05) is 33.8 Å². The lowest BCUT2D eigenvalue weighted by molar-refractivity contribution is -0.129. The summed E-state index contributed by atoms with van der Waals surface area (Å²) < 4.78 is 11.3. The van der Waals surface area contributed by atoms with E-state index in [1.165, 1.54) is 4.90 Å². The molecule has 2 heterocycles. The van der Waals surface area contributed by atoms with Crippen molar-refractivity contribution in [3.8, 4) is 5.75 Å². The molecular formula is C25H26N2O5. The lowest BCUT2D eigenvalue weighted by atomic mass is 9.95. The molecule has 3 aromatic rings. The SMILES string of the molecule is CCOc1ccc([C@H]2C(C(=O)c3cc4ccccc4o3)=C(O)C(=O)N2CCN(C)C)cc1. The Morgan fingerprint density at radius 2 is 1.88 bits per heavy atom. The zero-order valence-electron chi connectivity index (χ0n) is 18.4. The normalized spacial score (nSPS) is 16.4. The fourth-order valence-electron chi connectivity index (χ4n) is 3.91. The minimum atomic E-state index is -0.723. The molecule has 0 unspecified atom stereocenters. The third-order valence-corrected chi connectivity index (χ3v) is 5.49. The number of aliphatic hydroxyl groups is 1. The number of carbonyl (C=O) groups excluding carboxylic acids is 2. The van der Waals surface area contributed by atoms with Crippen LogP contribution >= 0.6 is 0 Å². The van der Waals surface area contributed by atoms with E-state index in [4.69, 9.17) is 9.15 Å². The van der Waals surface area contributed by atoms with E-state index < -0.39 is 23.5 Å². The van der Waals surface area contributed by atoms with E-state index in [0.717, 1.165) is 5.39 Å². The van der Waals surface area contributed by atoms with Gasteiger partial charge >= 0.3 is 0 Å². The van der Waals surface area contributed by atoms with Crippen LogP contribution in [0.3, 0.4) is 0 Å². The molecule has 1 aliphatic heterocycles. The predicted molar refractivity (Wildman–Crippen MR) is 121 cm³/mol. The number of amides is 1. The summed E-state index contributed by atoms with van der Waals surface area (Å²) >= 11 is 0. The Labute approximate surface area is 186 Å². The molecule has 2 aromatic carbocycles. The van der Waals surface area contributed by atoms with Gasteiger partial charge in [-0.25, -0.2) is 0 Å². The van der Waals surface area contributed by atoms with Gasteiger partial charge in [-0.2, -0.15) is 0 Å². The van der Waals surface area contributed by atoms with E-state index in [-0.39, 0.29) is 11.3 Å². The zero-order valence-corrected chi connectivity index (χ0v) is 18.4. The number of hydrogen-bond acceptors (Lipinski definition) is 6. The number of carbonyl (C=O) groups is 2. The van der Waals surface area contributed by atoms with Gasteiger partial charge in [0.05, 0.1) is 18.2 Å². The molecule has 0 saturated heterocycles. The number of fused-ring (bicyclic) bond motifs is 1. The Morgan fingerprint density at radius 1 is 1.16 bits per heavy atom. The number of furan rings is 1. The largest absolute Gasteiger partial charge is 0.503 e. The highest BCUT2D eigenvalue weighted by Gasteiger charge is 2.44. The molecule has 0 fully saturated rings. The van der Waals surface area contributed by atoms with Gasteiger partial charge in [0.25, 0.3) is 5.91 Å². The highest BCUT2D eigenvalue weighted by molar-refractivity contribution is 6.16. The number of rotatable bonds is 8. The smallest absolute Gasteiger partial charge is 0.290 e. The van der Waals surface area contributed by atoms with Crippen molar-refractivity contribution in [3.63, 3.8) is 0 Å². The molecule has 7 heteroatoms. The van der Waals surface area contributed by atoms with Crippen LogP contribution in [-0.4, -0.2) is 60.4 Å². The third kappa shape index (κ3) is 3.99. The lowest BCUT2D eigenvalue weighted by Crippen LogP contribution is -2.36. The van der Waals surface area contributed by atoms with Gasteiger partial charge in [-0.1, -0.05) is 30.3 Å². The van der Waals surface area contributed by atoms with Crippen LogP contribution in [0.4, 0.5) is 0 Å². The highest BCUT2D eigenvalue weighted by atomic mass is 16.5. The van der Waals surface area contributed by atoms with Crippen molar-refractivity contribution in [1.29, 1.82) is 0 Å². The summed E-state index contributed by atoms with van der Waals surface area (Å²) in [6, 6.07) is 15.4. The van der Waals surface area contributed by atoms with Gasteiger partial charge in [0.1, 0.15) is 11.3 Å². The first kappa shape index (κ1) is 21.6. The Hall–Kier alpha value is -3.58. The van der Waals surface area contributed by atoms with E-state index in [1.807, 2.05) is 56.3 Å². The van der Waals surface area contributed by atoms with Crippen LogP contribution in [0.5, 0.6) is 5.75 Å². The van der Waals surface area contributed by atoms with Crippen molar-refractivity contribution in [1.82, 2.24) is 9.80 Å². The topological polar surface area (TPSA) is 83.2 Å². The van der Waals surface area contributed by atoms with Crippen molar-refractivity contribution in [2.24, 2.45) is 0 Å². The Morgan fingerprint density at radius 3 is 2.53 bits per heavy atom. The molecule has 0 saturated carbocycles. The number of ether oxygens (including phenoxy) is 1. The first-order valence-electron chi connectivity index (χ1n) is 10.6. The molecule has 1 amide bonds. The van der Waals surface area contributed by atoms with Crippen LogP contribution in [0, 0.1) is 0 Å². The van der Waals surface area contributed by atoms with Gasteiger partial charge < -0.3 is 24.1 Å². The quantitative estimate of drug-likeness (QED) is 0.540. The molecule has 0 radical (unpaired) electrons. The van der Waals surface area contributed by atoms with Gasteiger partial charge in [-0.05, 0) is 50.8 Å². The summed E-state index contributed by atoms with van der Waals surface area (Å²) in [6.07, 6.45) is 0. The molecule has 4 rings (SSSR count). The maximum atomic E-state index is 13.5. The van der Waals surface area contributed by atoms with Crippen LogP contribution in [0.1, 0.15) is 29.1 Å². The van der Waals surface area contributed by atoms with Crippen molar-refractivity contribution in [3.05, 3.63) is 77.3 Å². The minimum Gasteiger partial charge on any atom is -0.503 e. The summed E-state index contributed by atoms with van der Waals surface area (Å²) in [4.78, 5) is 29.9. The highest BCUT2D eigenvalue weighted by Crippen LogP contribution is 2.39. The minimum absolute atomic E-state index is 0.0250. The molecule has 0 spiro atoms. The van der Waals surface area contributed by atoms with Crippen molar-refractivity contribution >= 4 is 22.7 Å². The lowest BCUT2D eigenvalue weighted by Gasteiger charge is -2.28. The molecule has 1 aromatic heterocycles. The van der Waals surface area contributed by atoms with E-state index >= 15 is 0 Å². The van der Waals surface area contributed by atoms with Crippen molar-refractivity contribution < 1.29 is 23.8 Å². The molecular weight excluding hydrogens is 408 g/mol. The fraction of sp³-hybridized carbons (Fsp3) is 0.280. The van der Waals surface area contributed by atoms with Gasteiger partial charge in [-0.15, -0.1) is 0 Å². The van der Waals surface area contributed by atoms with Gasteiger partial charge in [-0.3, -0.25) is 9.59 Å². The molecule has 0 bridgehead atoms. The van der Waals surface area contributed by atoms with Crippen LogP contribution in [0.2, 0.25) is 0 Å². The number of likely N-dealkylation sites (N-methyl/N-ethyl adjacent to an activating group) is 1. The van der Waals surface area contributed by atoms with Crippen LogP contribution in [0.15, 0.2) is 70.3 Å². The number of ketones is 1. The number of hydrogen-bond donors (Lipinski definition) is 1. The van der Waals surface area contributed by atoms with E-state index in [2.05, 4.69) is 0 Å². The first-order chi connectivity index (χ1) is 15.4. The number of nitrogens with zero attached hydrogens (tertiary/aromatic N) is 2. The number of aliphatic hydroxyl groups excluding tert-OH is 1. The summed E-state index contributed by atoms with van der Waals surface area (Å²) in [5, 5.41) is 11.5. The second-order valence-corrected chi connectivity index (χ2v) is 7.95. The average molecular weight is 434 g/mol. The molecule has 1 N–H and O–H groups in total. The van der Waals surface area contributed by atoms with Crippen LogP contribution in [-0.2, 0) is 4.79 Å². The average Bonchev–Trinajstić information content (AvgIpc) is 3.32. The third-order valence-electron chi connectivity index (χ3n) is 5.49.